The number of aromatic hydroxyl groups is 1. The number of hydrogen-bond acceptors (Lipinski definition) is 3. The normalized spacial score (nSPS) is 11.2. The number of nitriles is 1. The van der Waals surface area contributed by atoms with Crippen LogP contribution in [0.15, 0.2) is 28.8 Å². The highest BCUT2D eigenvalue weighted by Gasteiger charge is 2.17. The molecule has 0 aliphatic carbocycles. The number of benzene rings is 1. The second-order valence-electron chi connectivity index (χ2n) is 3.74. The van der Waals surface area contributed by atoms with Crippen LogP contribution in [0.25, 0.3) is 0 Å². The van der Waals surface area contributed by atoms with Gasteiger partial charge < -0.3 is 10.8 Å². The Bertz CT molecular complexity index is 468. The third kappa shape index (κ3) is 3.74. The summed E-state index contributed by atoms with van der Waals surface area (Å²) in [4.78, 5) is 0. The van der Waals surface area contributed by atoms with E-state index < -0.39 is 0 Å². The zero-order valence-electron chi connectivity index (χ0n) is 9.40. The van der Waals surface area contributed by atoms with E-state index in [2.05, 4.69) is 22.5 Å². The number of hydrogen-bond donors (Lipinski definition) is 2. The minimum Gasteiger partial charge on any atom is -0.506 e. The molecule has 92 valence electrons. The van der Waals surface area contributed by atoms with Gasteiger partial charge in [-0.3, -0.25) is 0 Å². The molecule has 0 unspecified atom stereocenters. The Morgan fingerprint density at radius 3 is 2.71 bits per heavy atom. The Balaban J connectivity index is 0.00000256. The molecule has 1 aromatic rings. The Morgan fingerprint density at radius 2 is 2.24 bits per heavy atom. The molecule has 0 spiro atoms. The number of rotatable bonds is 3. The summed E-state index contributed by atoms with van der Waals surface area (Å²) < 4.78 is 0.706. The molecule has 5 heteroatoms. The molecule has 1 rings (SSSR count). The van der Waals surface area contributed by atoms with Crippen LogP contribution in [0.1, 0.15) is 30.5 Å². The minimum atomic E-state index is -0.361. The van der Waals surface area contributed by atoms with Gasteiger partial charge in [0.25, 0.3) is 0 Å². The number of phenols is 1. The molecule has 3 N–H and O–H groups in total. The fraction of sp³-hybridized carbons (Fsp3) is 0.250. The summed E-state index contributed by atoms with van der Waals surface area (Å²) in [5, 5.41) is 18.7. The molecule has 0 saturated heterocycles. The van der Waals surface area contributed by atoms with E-state index in [1.807, 2.05) is 13.0 Å². The summed E-state index contributed by atoms with van der Waals surface area (Å²) in [5.41, 5.74) is 7.68. The first-order valence-electron chi connectivity index (χ1n) is 4.78. The zero-order chi connectivity index (χ0) is 12.3. The molecule has 0 saturated carbocycles. The Hall–Kier alpha value is -1.02. The summed E-state index contributed by atoms with van der Waals surface area (Å²) in [6, 6.07) is 4.83. The van der Waals surface area contributed by atoms with Crippen molar-refractivity contribution in [1.82, 2.24) is 0 Å². The van der Waals surface area contributed by atoms with Crippen LogP contribution in [0.5, 0.6) is 5.75 Å². The largest absolute Gasteiger partial charge is 0.506 e. The van der Waals surface area contributed by atoms with Crippen LogP contribution >= 0.6 is 28.3 Å². The molecule has 1 aromatic carbocycles. The van der Waals surface area contributed by atoms with E-state index in [0.29, 0.717) is 16.5 Å². The van der Waals surface area contributed by atoms with Gasteiger partial charge in [0, 0.05) is 16.1 Å². The van der Waals surface area contributed by atoms with Gasteiger partial charge in [-0.2, -0.15) is 5.26 Å². The lowest BCUT2D eigenvalue weighted by atomic mass is 9.98. The molecule has 0 radical (unpaired) electrons. The maximum Gasteiger partial charge on any atom is 0.139 e. The van der Waals surface area contributed by atoms with Crippen LogP contribution in [0.2, 0.25) is 0 Å². The minimum absolute atomic E-state index is 0. The molecule has 17 heavy (non-hydrogen) atoms. The van der Waals surface area contributed by atoms with Gasteiger partial charge in [-0.15, -0.1) is 19.0 Å². The molecule has 0 aliphatic heterocycles. The van der Waals surface area contributed by atoms with E-state index in [9.17, 15) is 5.11 Å². The Labute approximate surface area is 115 Å². The average molecular weight is 318 g/mol. The maximum absolute atomic E-state index is 9.89. The Morgan fingerprint density at radius 1 is 1.65 bits per heavy atom. The van der Waals surface area contributed by atoms with Gasteiger partial charge >= 0.3 is 0 Å². The van der Waals surface area contributed by atoms with Gasteiger partial charge in [0.1, 0.15) is 11.8 Å². The van der Waals surface area contributed by atoms with Gasteiger partial charge in [0.2, 0.25) is 0 Å². The third-order valence-electron chi connectivity index (χ3n) is 2.22. The first-order chi connectivity index (χ1) is 7.47. The second-order valence-corrected chi connectivity index (χ2v) is 4.59. The standard InChI is InChI=1S/C12H13BrN2O.ClH/c1-7(2)5-10(15)11-9(13)4-3-8(6-14)12(11)16;/h3-4,10,16H,1,5,15H2,2H3;1H/t10-;/m0./s1. The van der Waals surface area contributed by atoms with Crippen molar-refractivity contribution < 1.29 is 5.11 Å². The lowest BCUT2D eigenvalue weighted by Crippen LogP contribution is -2.12. The van der Waals surface area contributed by atoms with Crippen LogP contribution < -0.4 is 5.73 Å². The van der Waals surface area contributed by atoms with Crippen molar-refractivity contribution in [2.75, 3.05) is 0 Å². The lowest BCUT2D eigenvalue weighted by Gasteiger charge is -2.16. The maximum atomic E-state index is 9.89. The number of halogens is 2. The van der Waals surface area contributed by atoms with Crippen molar-refractivity contribution in [3.05, 3.63) is 39.9 Å². The smallest absolute Gasteiger partial charge is 0.139 e. The second kappa shape index (κ2) is 6.65. The van der Waals surface area contributed by atoms with E-state index in [1.54, 1.807) is 12.1 Å². The molecule has 0 bridgehead atoms. The third-order valence-corrected chi connectivity index (χ3v) is 2.91. The van der Waals surface area contributed by atoms with E-state index in [0.717, 1.165) is 5.57 Å². The average Bonchev–Trinajstić information content (AvgIpc) is 2.16. The molecule has 0 fully saturated rings. The fourth-order valence-corrected chi connectivity index (χ4v) is 2.12. The van der Waals surface area contributed by atoms with Crippen molar-refractivity contribution in [3.8, 4) is 11.8 Å². The van der Waals surface area contributed by atoms with Gasteiger partial charge in [-0.05, 0) is 25.5 Å². The SMILES string of the molecule is C=C(C)C[C@H](N)c1c(Br)ccc(C#N)c1O.Cl. The first kappa shape index (κ1) is 16.0. The van der Waals surface area contributed by atoms with Crippen molar-refractivity contribution in [3.63, 3.8) is 0 Å². The molecule has 0 aromatic heterocycles. The number of nitrogens with two attached hydrogens (primary N) is 1. The lowest BCUT2D eigenvalue weighted by molar-refractivity contribution is 0.458. The summed E-state index contributed by atoms with van der Waals surface area (Å²) >= 11 is 3.32. The molecule has 3 nitrogen and oxygen atoms in total. The van der Waals surface area contributed by atoms with Crippen molar-refractivity contribution in [1.29, 1.82) is 5.26 Å². The predicted molar refractivity (Wildman–Crippen MR) is 74.1 cm³/mol. The summed E-state index contributed by atoms with van der Waals surface area (Å²) in [7, 11) is 0. The van der Waals surface area contributed by atoms with Crippen molar-refractivity contribution in [2.45, 2.75) is 19.4 Å². The van der Waals surface area contributed by atoms with Gasteiger partial charge in [-0.25, -0.2) is 0 Å². The van der Waals surface area contributed by atoms with E-state index in [-0.39, 0.29) is 29.8 Å². The van der Waals surface area contributed by atoms with E-state index >= 15 is 0 Å². The van der Waals surface area contributed by atoms with Crippen molar-refractivity contribution >= 4 is 28.3 Å². The molecular formula is C12H14BrClN2O. The fourth-order valence-electron chi connectivity index (χ4n) is 1.50. The molecule has 0 heterocycles. The molecule has 0 amide bonds. The summed E-state index contributed by atoms with van der Waals surface area (Å²) in [6.07, 6.45) is 0.570. The van der Waals surface area contributed by atoms with Crippen LogP contribution in [0, 0.1) is 11.3 Å². The highest BCUT2D eigenvalue weighted by Crippen LogP contribution is 2.35. The summed E-state index contributed by atoms with van der Waals surface area (Å²) in [5.74, 6) is -0.0503. The molecule has 1 atom stereocenters. The molecule has 0 aliphatic rings. The first-order valence-corrected chi connectivity index (χ1v) is 5.58. The summed E-state index contributed by atoms with van der Waals surface area (Å²) in [6.45, 7) is 5.65. The zero-order valence-corrected chi connectivity index (χ0v) is 11.8. The van der Waals surface area contributed by atoms with E-state index in [1.165, 1.54) is 0 Å². The van der Waals surface area contributed by atoms with Gasteiger partial charge in [-0.1, -0.05) is 21.5 Å². The van der Waals surface area contributed by atoms with Crippen LogP contribution in [-0.2, 0) is 0 Å². The van der Waals surface area contributed by atoms with Gasteiger partial charge in [0.15, 0.2) is 0 Å². The van der Waals surface area contributed by atoms with Crippen LogP contribution in [0.3, 0.4) is 0 Å². The Kier molecular flexibility index (Phi) is 6.25. The molecular weight excluding hydrogens is 304 g/mol. The highest BCUT2D eigenvalue weighted by molar-refractivity contribution is 9.10. The predicted octanol–water partition coefficient (Wildman–Crippen LogP) is 3.41. The quantitative estimate of drug-likeness (QED) is 0.839. The van der Waals surface area contributed by atoms with Crippen LogP contribution in [0.4, 0.5) is 0 Å². The topological polar surface area (TPSA) is 70.0 Å². The van der Waals surface area contributed by atoms with Crippen molar-refractivity contribution in [2.24, 2.45) is 5.73 Å². The van der Waals surface area contributed by atoms with Gasteiger partial charge in [0.05, 0.1) is 5.56 Å². The number of nitrogens with zero attached hydrogens (tertiary/aromatic N) is 1. The number of phenolic OH excluding ortho intramolecular Hbond substituents is 1. The highest BCUT2D eigenvalue weighted by atomic mass is 79.9. The van der Waals surface area contributed by atoms with E-state index in [4.69, 9.17) is 11.0 Å². The monoisotopic (exact) mass is 316 g/mol. The van der Waals surface area contributed by atoms with Crippen LogP contribution in [-0.4, -0.2) is 5.11 Å².